The van der Waals surface area contributed by atoms with Gasteiger partial charge in [-0.1, -0.05) is 30.3 Å². The molecule has 0 unspecified atom stereocenters. The second-order valence-electron chi connectivity index (χ2n) is 6.02. The van der Waals surface area contributed by atoms with Crippen LogP contribution >= 0.6 is 0 Å². The van der Waals surface area contributed by atoms with E-state index in [4.69, 9.17) is 4.42 Å². The maximum absolute atomic E-state index is 12.2. The van der Waals surface area contributed by atoms with Crippen LogP contribution in [0.4, 0.5) is 11.4 Å². The number of hydrogen-bond acceptors (Lipinski definition) is 4. The van der Waals surface area contributed by atoms with Gasteiger partial charge in [-0.15, -0.1) is 0 Å². The van der Waals surface area contributed by atoms with E-state index in [1.165, 1.54) is 0 Å². The van der Waals surface area contributed by atoms with Crippen molar-refractivity contribution in [2.24, 2.45) is 0 Å². The summed E-state index contributed by atoms with van der Waals surface area (Å²) in [6.45, 7) is 0.581. The molecule has 3 rings (SSSR count). The predicted octanol–water partition coefficient (Wildman–Crippen LogP) is 4.27. The summed E-state index contributed by atoms with van der Waals surface area (Å²) in [5.41, 5.74) is 2.61. The highest BCUT2D eigenvalue weighted by Crippen LogP contribution is 2.16. The zero-order valence-electron chi connectivity index (χ0n) is 14.4. The van der Waals surface area contributed by atoms with Crippen molar-refractivity contribution in [2.45, 2.75) is 19.4 Å². The van der Waals surface area contributed by atoms with Gasteiger partial charge in [0.2, 0.25) is 10.0 Å². The van der Waals surface area contributed by atoms with Gasteiger partial charge in [-0.25, -0.2) is 8.42 Å². The molecule has 0 amide bonds. The largest absolute Gasteiger partial charge is 0.467 e. The van der Waals surface area contributed by atoms with Gasteiger partial charge in [-0.05, 0) is 54.8 Å². The van der Waals surface area contributed by atoms with E-state index in [-0.39, 0.29) is 5.75 Å². The molecule has 0 atom stereocenters. The highest BCUT2D eigenvalue weighted by Gasteiger charge is 2.10. The molecule has 0 aliphatic carbocycles. The normalized spacial score (nSPS) is 11.2. The first-order valence-corrected chi connectivity index (χ1v) is 10.2. The van der Waals surface area contributed by atoms with E-state index in [2.05, 4.69) is 10.0 Å². The van der Waals surface area contributed by atoms with E-state index in [1.807, 2.05) is 54.6 Å². The Morgan fingerprint density at radius 2 is 1.58 bits per heavy atom. The number of aryl methyl sites for hydroxylation is 1. The van der Waals surface area contributed by atoms with Crippen molar-refractivity contribution in [3.05, 3.63) is 84.3 Å². The van der Waals surface area contributed by atoms with Crippen LogP contribution in [0.25, 0.3) is 0 Å². The lowest BCUT2D eigenvalue weighted by Crippen LogP contribution is -2.17. The van der Waals surface area contributed by atoms with Crippen LogP contribution in [0, 0.1) is 0 Å². The molecule has 0 spiro atoms. The fraction of sp³-hybridized carbons (Fsp3) is 0.200. The van der Waals surface area contributed by atoms with Gasteiger partial charge in [0.05, 0.1) is 18.6 Å². The molecular formula is C20H22N2O3S. The van der Waals surface area contributed by atoms with E-state index < -0.39 is 10.0 Å². The van der Waals surface area contributed by atoms with Crippen molar-refractivity contribution < 1.29 is 12.8 Å². The Hall–Kier alpha value is -2.73. The Labute approximate surface area is 154 Å². The third kappa shape index (κ3) is 5.67. The molecule has 0 aliphatic heterocycles. The van der Waals surface area contributed by atoms with Crippen molar-refractivity contribution in [3.63, 3.8) is 0 Å². The van der Waals surface area contributed by atoms with Crippen LogP contribution in [0.3, 0.4) is 0 Å². The average molecular weight is 370 g/mol. The lowest BCUT2D eigenvalue weighted by atomic mass is 10.1. The topological polar surface area (TPSA) is 71.3 Å². The molecule has 2 aromatic carbocycles. The fourth-order valence-corrected chi connectivity index (χ4v) is 3.72. The molecule has 26 heavy (non-hydrogen) atoms. The number of furan rings is 1. The number of benzene rings is 2. The van der Waals surface area contributed by atoms with Crippen molar-refractivity contribution in [3.8, 4) is 0 Å². The predicted molar refractivity (Wildman–Crippen MR) is 105 cm³/mol. The highest BCUT2D eigenvalue weighted by molar-refractivity contribution is 7.92. The quantitative estimate of drug-likeness (QED) is 0.590. The van der Waals surface area contributed by atoms with E-state index in [0.717, 1.165) is 23.4 Å². The van der Waals surface area contributed by atoms with E-state index in [1.54, 1.807) is 18.4 Å². The molecular weight excluding hydrogens is 348 g/mol. The molecule has 2 N–H and O–H groups in total. The zero-order valence-corrected chi connectivity index (χ0v) is 15.2. The van der Waals surface area contributed by atoms with Crippen LogP contribution in [0.5, 0.6) is 0 Å². The smallest absolute Gasteiger partial charge is 0.232 e. The van der Waals surface area contributed by atoms with Crippen LogP contribution < -0.4 is 10.0 Å². The van der Waals surface area contributed by atoms with Crippen molar-refractivity contribution in [1.82, 2.24) is 0 Å². The summed E-state index contributed by atoms with van der Waals surface area (Å²) < 4.78 is 32.3. The van der Waals surface area contributed by atoms with E-state index >= 15 is 0 Å². The number of nitrogens with one attached hydrogen (secondary N) is 2. The third-order valence-electron chi connectivity index (χ3n) is 3.93. The minimum atomic E-state index is -3.35. The molecule has 3 aromatic rings. The summed E-state index contributed by atoms with van der Waals surface area (Å²) in [7, 11) is -3.35. The number of anilines is 2. The summed E-state index contributed by atoms with van der Waals surface area (Å²) >= 11 is 0. The van der Waals surface area contributed by atoms with Gasteiger partial charge >= 0.3 is 0 Å². The Balaban J connectivity index is 1.47. The first-order chi connectivity index (χ1) is 12.6. The van der Waals surface area contributed by atoms with Crippen LogP contribution in [0.1, 0.15) is 17.7 Å². The molecule has 0 saturated carbocycles. The lowest BCUT2D eigenvalue weighted by Gasteiger charge is -2.10. The van der Waals surface area contributed by atoms with Crippen molar-refractivity contribution in [2.75, 3.05) is 15.8 Å². The first kappa shape index (κ1) is 18.1. The molecule has 0 fully saturated rings. The number of sulfonamides is 1. The Morgan fingerprint density at radius 3 is 2.27 bits per heavy atom. The standard InChI is InChI=1S/C20H22N2O3S/c23-26(24,15-5-8-17-6-2-1-3-7-17)22-19-12-10-18(11-13-19)21-16-20-9-4-14-25-20/h1-4,6-7,9-14,21-22H,5,8,15-16H2. The molecule has 1 heterocycles. The molecule has 6 heteroatoms. The summed E-state index contributed by atoms with van der Waals surface area (Å²) in [4.78, 5) is 0. The minimum Gasteiger partial charge on any atom is -0.467 e. The van der Waals surface area contributed by atoms with Crippen LogP contribution in [0.15, 0.2) is 77.4 Å². The minimum absolute atomic E-state index is 0.0976. The molecule has 136 valence electrons. The van der Waals surface area contributed by atoms with Crippen LogP contribution in [-0.4, -0.2) is 14.2 Å². The lowest BCUT2D eigenvalue weighted by molar-refractivity contribution is 0.518. The Kier molecular flexibility index (Phi) is 5.96. The Bertz CT molecular complexity index is 890. The van der Waals surface area contributed by atoms with Crippen molar-refractivity contribution in [1.29, 1.82) is 0 Å². The maximum Gasteiger partial charge on any atom is 0.232 e. The fourth-order valence-electron chi connectivity index (χ4n) is 2.60. The average Bonchev–Trinajstić information content (AvgIpc) is 3.15. The highest BCUT2D eigenvalue weighted by atomic mass is 32.2. The second-order valence-corrected chi connectivity index (χ2v) is 7.86. The van der Waals surface area contributed by atoms with Crippen molar-refractivity contribution >= 4 is 21.4 Å². The molecule has 0 radical (unpaired) electrons. The van der Waals surface area contributed by atoms with Gasteiger partial charge in [0, 0.05) is 11.4 Å². The molecule has 0 saturated heterocycles. The molecule has 0 bridgehead atoms. The molecule has 1 aromatic heterocycles. The van der Waals surface area contributed by atoms with Crippen LogP contribution in [-0.2, 0) is 23.0 Å². The van der Waals surface area contributed by atoms with E-state index in [0.29, 0.717) is 18.7 Å². The third-order valence-corrected chi connectivity index (χ3v) is 5.30. The number of rotatable bonds is 9. The summed E-state index contributed by atoms with van der Waals surface area (Å²) in [5, 5.41) is 3.22. The van der Waals surface area contributed by atoms with Crippen LogP contribution in [0.2, 0.25) is 0 Å². The van der Waals surface area contributed by atoms with E-state index in [9.17, 15) is 8.42 Å². The SMILES string of the molecule is O=S(=O)(CCCc1ccccc1)Nc1ccc(NCc2ccco2)cc1. The van der Waals surface area contributed by atoms with Gasteiger partial charge in [0.25, 0.3) is 0 Å². The van der Waals surface area contributed by atoms with Gasteiger partial charge in [0.15, 0.2) is 0 Å². The van der Waals surface area contributed by atoms with Gasteiger partial charge in [-0.2, -0.15) is 0 Å². The number of hydrogen-bond donors (Lipinski definition) is 2. The summed E-state index contributed by atoms with van der Waals surface area (Å²) in [5.74, 6) is 0.939. The maximum atomic E-state index is 12.2. The molecule has 5 nitrogen and oxygen atoms in total. The Morgan fingerprint density at radius 1 is 0.846 bits per heavy atom. The first-order valence-electron chi connectivity index (χ1n) is 8.51. The molecule has 0 aliphatic rings. The zero-order chi connectivity index (χ0) is 18.2. The second kappa shape index (κ2) is 8.58. The summed E-state index contributed by atoms with van der Waals surface area (Å²) in [6.07, 6.45) is 2.96. The van der Waals surface area contributed by atoms with Gasteiger partial charge in [-0.3, -0.25) is 4.72 Å². The van der Waals surface area contributed by atoms with Gasteiger partial charge < -0.3 is 9.73 Å². The summed E-state index contributed by atoms with van der Waals surface area (Å²) in [6, 6.07) is 20.8. The van der Waals surface area contributed by atoms with Gasteiger partial charge in [0.1, 0.15) is 5.76 Å². The monoisotopic (exact) mass is 370 g/mol.